The van der Waals surface area contributed by atoms with E-state index in [1.54, 1.807) is 10.4 Å². The molecule has 2 heterocycles. The van der Waals surface area contributed by atoms with Crippen LogP contribution in [-0.4, -0.2) is 53.6 Å². The van der Waals surface area contributed by atoms with Crippen LogP contribution in [0.2, 0.25) is 0 Å². The van der Waals surface area contributed by atoms with E-state index in [2.05, 4.69) is 23.1 Å². The van der Waals surface area contributed by atoms with Gasteiger partial charge in [-0.1, -0.05) is 12.1 Å². The second-order valence-corrected chi connectivity index (χ2v) is 8.95. The summed E-state index contributed by atoms with van der Waals surface area (Å²) in [6, 6.07) is 5.61. The monoisotopic (exact) mass is 376 g/mol. The molecule has 1 fully saturated rings. The molecule has 0 aliphatic carbocycles. The maximum absolute atomic E-state index is 13.0. The lowest BCUT2D eigenvalue weighted by Crippen LogP contribution is -2.48. The Hall–Kier alpha value is -1.70. The molecule has 7 heteroatoms. The minimum absolute atomic E-state index is 0.436. The molecule has 3 rings (SSSR count). The Morgan fingerprint density at radius 3 is 2.38 bits per heavy atom. The molecule has 1 aromatic heterocycles. The molecule has 0 unspecified atom stereocenters. The van der Waals surface area contributed by atoms with Crippen LogP contribution in [0.25, 0.3) is 0 Å². The van der Waals surface area contributed by atoms with Crippen LogP contribution in [0.5, 0.6) is 0 Å². The Morgan fingerprint density at radius 1 is 1.08 bits per heavy atom. The third-order valence-electron chi connectivity index (χ3n) is 5.06. The lowest BCUT2D eigenvalue weighted by atomic mass is 10.2. The summed E-state index contributed by atoms with van der Waals surface area (Å²) in [5.41, 5.74) is 4.05. The number of aromatic nitrogens is 2. The number of rotatable bonds is 5. The highest BCUT2D eigenvalue weighted by atomic mass is 32.2. The average Bonchev–Trinajstić information content (AvgIpc) is 2.97. The maximum atomic E-state index is 13.0. The van der Waals surface area contributed by atoms with Crippen molar-refractivity contribution in [3.8, 4) is 0 Å². The Kier molecular flexibility index (Phi) is 5.50. The highest BCUT2D eigenvalue weighted by molar-refractivity contribution is 7.89. The summed E-state index contributed by atoms with van der Waals surface area (Å²) in [7, 11) is -3.43. The van der Waals surface area contributed by atoms with Gasteiger partial charge in [-0.05, 0) is 44.9 Å². The number of nitrogens with zero attached hydrogens (tertiary/aromatic N) is 4. The second-order valence-electron chi connectivity index (χ2n) is 7.04. The highest BCUT2D eigenvalue weighted by Crippen LogP contribution is 2.23. The maximum Gasteiger partial charge on any atom is 0.243 e. The zero-order chi connectivity index (χ0) is 18.9. The van der Waals surface area contributed by atoms with Crippen LogP contribution < -0.4 is 0 Å². The van der Waals surface area contributed by atoms with Gasteiger partial charge in [-0.25, -0.2) is 8.42 Å². The van der Waals surface area contributed by atoms with Crippen LogP contribution >= 0.6 is 0 Å². The molecule has 6 nitrogen and oxygen atoms in total. The van der Waals surface area contributed by atoms with Gasteiger partial charge in [-0.3, -0.25) is 9.58 Å². The van der Waals surface area contributed by atoms with Gasteiger partial charge in [0, 0.05) is 51.0 Å². The molecule has 1 aliphatic heterocycles. The first kappa shape index (κ1) is 19.1. The van der Waals surface area contributed by atoms with Crippen molar-refractivity contribution in [2.45, 2.75) is 45.7 Å². The molecule has 0 radical (unpaired) electrons. The van der Waals surface area contributed by atoms with E-state index in [4.69, 9.17) is 0 Å². The predicted molar refractivity (Wildman–Crippen MR) is 103 cm³/mol. The summed E-state index contributed by atoms with van der Waals surface area (Å²) in [5, 5.41) is 4.49. The van der Waals surface area contributed by atoms with Crippen LogP contribution in [-0.2, 0) is 23.1 Å². The van der Waals surface area contributed by atoms with E-state index in [1.165, 1.54) is 5.56 Å². The molecule has 26 heavy (non-hydrogen) atoms. The predicted octanol–water partition coefficient (Wildman–Crippen LogP) is 2.33. The van der Waals surface area contributed by atoms with Crippen molar-refractivity contribution in [2.24, 2.45) is 0 Å². The number of aryl methyl sites for hydroxylation is 4. The van der Waals surface area contributed by atoms with E-state index >= 15 is 0 Å². The van der Waals surface area contributed by atoms with Gasteiger partial charge < -0.3 is 0 Å². The van der Waals surface area contributed by atoms with Crippen LogP contribution in [0.4, 0.5) is 0 Å². The van der Waals surface area contributed by atoms with Crippen molar-refractivity contribution in [1.29, 1.82) is 0 Å². The first-order valence-corrected chi connectivity index (χ1v) is 10.6. The molecule has 2 aromatic rings. The fourth-order valence-electron chi connectivity index (χ4n) is 3.37. The zero-order valence-electron chi connectivity index (χ0n) is 16.1. The van der Waals surface area contributed by atoms with Gasteiger partial charge in [-0.2, -0.15) is 9.40 Å². The van der Waals surface area contributed by atoms with Gasteiger partial charge in [-0.15, -0.1) is 0 Å². The molecule has 0 atom stereocenters. The Bertz CT molecular complexity index is 881. The molecular formula is C19H28N4O2S. The molecule has 0 saturated carbocycles. The number of hydrogen-bond donors (Lipinski definition) is 0. The fourth-order valence-corrected chi connectivity index (χ4v) is 5.10. The SMILES string of the molecule is CCn1cc(CN2CCN(S(=O)(=O)c3cc(C)ccc3C)CC2)c(C)n1. The van der Waals surface area contributed by atoms with E-state index in [9.17, 15) is 8.42 Å². The van der Waals surface area contributed by atoms with E-state index < -0.39 is 10.0 Å². The smallest absolute Gasteiger partial charge is 0.243 e. The van der Waals surface area contributed by atoms with E-state index in [0.717, 1.165) is 43.0 Å². The van der Waals surface area contributed by atoms with Crippen LogP contribution in [0, 0.1) is 20.8 Å². The van der Waals surface area contributed by atoms with Crippen LogP contribution in [0.1, 0.15) is 29.3 Å². The average molecular weight is 377 g/mol. The van der Waals surface area contributed by atoms with Gasteiger partial charge in [0.15, 0.2) is 0 Å². The zero-order valence-corrected chi connectivity index (χ0v) is 16.9. The second kappa shape index (κ2) is 7.50. The molecule has 1 saturated heterocycles. The topological polar surface area (TPSA) is 58.4 Å². The molecule has 142 valence electrons. The van der Waals surface area contributed by atoms with Gasteiger partial charge in [0.25, 0.3) is 0 Å². The van der Waals surface area contributed by atoms with Crippen molar-refractivity contribution in [1.82, 2.24) is 19.0 Å². The molecule has 0 amide bonds. The van der Waals surface area contributed by atoms with E-state index in [-0.39, 0.29) is 0 Å². The Labute approximate surface area is 156 Å². The van der Waals surface area contributed by atoms with Crippen molar-refractivity contribution in [3.05, 3.63) is 46.8 Å². The van der Waals surface area contributed by atoms with Gasteiger partial charge in [0.1, 0.15) is 0 Å². The number of sulfonamides is 1. The van der Waals surface area contributed by atoms with Gasteiger partial charge in [0.05, 0.1) is 10.6 Å². The van der Waals surface area contributed by atoms with E-state index in [0.29, 0.717) is 18.0 Å². The first-order valence-electron chi connectivity index (χ1n) is 9.14. The lowest BCUT2D eigenvalue weighted by molar-refractivity contribution is 0.181. The molecule has 0 bridgehead atoms. The van der Waals surface area contributed by atoms with Crippen molar-refractivity contribution >= 4 is 10.0 Å². The van der Waals surface area contributed by atoms with E-state index in [1.807, 2.05) is 37.6 Å². The molecule has 1 aromatic carbocycles. The highest BCUT2D eigenvalue weighted by Gasteiger charge is 2.29. The summed E-state index contributed by atoms with van der Waals surface area (Å²) >= 11 is 0. The third-order valence-corrected chi connectivity index (χ3v) is 7.10. The van der Waals surface area contributed by atoms with Crippen molar-refractivity contribution in [2.75, 3.05) is 26.2 Å². The Morgan fingerprint density at radius 2 is 1.77 bits per heavy atom. The van der Waals surface area contributed by atoms with Crippen molar-refractivity contribution in [3.63, 3.8) is 0 Å². The van der Waals surface area contributed by atoms with Crippen LogP contribution in [0.3, 0.4) is 0 Å². The minimum atomic E-state index is -3.43. The molecule has 0 N–H and O–H groups in total. The summed E-state index contributed by atoms with van der Waals surface area (Å²) in [6.45, 7) is 12.1. The van der Waals surface area contributed by atoms with Crippen molar-refractivity contribution < 1.29 is 8.42 Å². The number of hydrogen-bond acceptors (Lipinski definition) is 4. The minimum Gasteiger partial charge on any atom is -0.296 e. The number of piperazine rings is 1. The molecular weight excluding hydrogens is 348 g/mol. The summed E-state index contributed by atoms with van der Waals surface area (Å²) in [4.78, 5) is 2.74. The summed E-state index contributed by atoms with van der Waals surface area (Å²) in [5.74, 6) is 0. The molecule has 0 spiro atoms. The van der Waals surface area contributed by atoms with Gasteiger partial charge in [0.2, 0.25) is 10.0 Å². The quantitative estimate of drug-likeness (QED) is 0.804. The third kappa shape index (κ3) is 3.84. The Balaban J connectivity index is 1.67. The largest absolute Gasteiger partial charge is 0.296 e. The first-order chi connectivity index (χ1) is 12.3. The summed E-state index contributed by atoms with van der Waals surface area (Å²) in [6.07, 6.45) is 2.09. The van der Waals surface area contributed by atoms with Gasteiger partial charge >= 0.3 is 0 Å². The standard InChI is InChI=1S/C19H28N4O2S/c1-5-22-14-18(17(4)20-22)13-21-8-10-23(11-9-21)26(24,25)19-12-15(2)6-7-16(19)3/h6-7,12,14H,5,8-11,13H2,1-4H3. The lowest BCUT2D eigenvalue weighted by Gasteiger charge is -2.34. The van der Waals surface area contributed by atoms with Crippen LogP contribution in [0.15, 0.2) is 29.3 Å². The fraction of sp³-hybridized carbons (Fsp3) is 0.526. The normalized spacial score (nSPS) is 16.9. The number of benzene rings is 1. The molecule has 1 aliphatic rings. The summed E-state index contributed by atoms with van der Waals surface area (Å²) < 4.78 is 29.6.